The molecular formula is C11H16N2. The zero-order valence-corrected chi connectivity index (χ0v) is 8.49. The average Bonchev–Trinajstić information content (AvgIpc) is 2.44. The van der Waals surface area contributed by atoms with E-state index in [9.17, 15) is 0 Å². The monoisotopic (exact) mass is 176 g/mol. The Balaban J connectivity index is 0.000000396. The first-order valence-corrected chi connectivity index (χ1v) is 4.72. The van der Waals surface area contributed by atoms with Gasteiger partial charge in [-0.2, -0.15) is 0 Å². The number of fused-ring (bicyclic) bond motifs is 1. The second-order valence-electron chi connectivity index (χ2n) is 2.66. The van der Waals surface area contributed by atoms with Crippen LogP contribution in [-0.4, -0.2) is 4.57 Å². The van der Waals surface area contributed by atoms with Crippen LogP contribution in [0, 0.1) is 0 Å². The molecule has 2 heterocycles. The van der Waals surface area contributed by atoms with Gasteiger partial charge in [0.1, 0.15) is 5.49 Å². The summed E-state index contributed by atoms with van der Waals surface area (Å²) in [5.41, 5.74) is 1.05. The summed E-state index contributed by atoms with van der Waals surface area (Å²) in [6.07, 6.45) is 9.12. The molecule has 0 aliphatic carbocycles. The molecule has 2 rings (SSSR count). The highest BCUT2D eigenvalue weighted by atomic mass is 15.0. The van der Waals surface area contributed by atoms with E-state index >= 15 is 0 Å². The average molecular weight is 176 g/mol. The Morgan fingerprint density at radius 3 is 2.92 bits per heavy atom. The van der Waals surface area contributed by atoms with Gasteiger partial charge in [0.15, 0.2) is 0 Å². The van der Waals surface area contributed by atoms with Crippen molar-refractivity contribution in [3.63, 3.8) is 0 Å². The van der Waals surface area contributed by atoms with Gasteiger partial charge in [0.2, 0.25) is 0 Å². The molecule has 0 N–H and O–H groups in total. The topological polar surface area (TPSA) is 17.3 Å². The van der Waals surface area contributed by atoms with E-state index in [2.05, 4.69) is 23.2 Å². The SMILES string of the molecule is CC.Cn1ccc2c1=NC=CCC=2. The first-order chi connectivity index (χ1) is 6.38. The standard InChI is InChI=1S/C9H10N2.C2H6/c1-11-7-5-8-4-2-3-6-10-9(8)11;1-2/h3-7H,2H2,1H3;1-2H3. The van der Waals surface area contributed by atoms with Crippen molar-refractivity contribution in [3.8, 4) is 0 Å². The van der Waals surface area contributed by atoms with E-state index in [0.29, 0.717) is 0 Å². The van der Waals surface area contributed by atoms with Crippen LogP contribution in [0.25, 0.3) is 6.08 Å². The molecule has 1 aliphatic rings. The van der Waals surface area contributed by atoms with E-state index in [0.717, 1.165) is 11.9 Å². The van der Waals surface area contributed by atoms with Gasteiger partial charge in [0.05, 0.1) is 0 Å². The minimum atomic E-state index is 0.987. The predicted octanol–water partition coefficient (Wildman–Crippen LogP) is 1.37. The first kappa shape index (κ1) is 9.78. The van der Waals surface area contributed by atoms with Crippen LogP contribution in [0.15, 0.2) is 29.5 Å². The number of allylic oxidation sites excluding steroid dienone is 1. The van der Waals surface area contributed by atoms with Gasteiger partial charge in [-0.1, -0.05) is 26.0 Å². The fraction of sp³-hybridized carbons (Fsp3) is 0.364. The molecule has 0 aromatic carbocycles. The quantitative estimate of drug-likeness (QED) is 0.568. The molecule has 2 heteroatoms. The molecule has 1 aromatic heterocycles. The van der Waals surface area contributed by atoms with Crippen LogP contribution >= 0.6 is 0 Å². The summed E-state index contributed by atoms with van der Waals surface area (Å²) in [6, 6.07) is 2.09. The van der Waals surface area contributed by atoms with Crippen LogP contribution in [0.1, 0.15) is 20.3 Å². The molecule has 1 aliphatic heterocycles. The summed E-state index contributed by atoms with van der Waals surface area (Å²) in [7, 11) is 2.01. The molecule has 1 aromatic rings. The Morgan fingerprint density at radius 1 is 1.38 bits per heavy atom. The molecule has 0 radical (unpaired) electrons. The molecule has 70 valence electrons. The second-order valence-corrected chi connectivity index (χ2v) is 2.66. The summed E-state index contributed by atoms with van der Waals surface area (Å²) in [5.74, 6) is 0. The van der Waals surface area contributed by atoms with E-state index in [1.807, 2.05) is 37.9 Å². The van der Waals surface area contributed by atoms with Gasteiger partial charge < -0.3 is 4.57 Å². The van der Waals surface area contributed by atoms with Crippen LogP contribution < -0.4 is 10.7 Å². The smallest absolute Gasteiger partial charge is 0.139 e. The number of aryl methyl sites for hydroxylation is 1. The molecule has 13 heavy (non-hydrogen) atoms. The lowest BCUT2D eigenvalue weighted by Gasteiger charge is -1.85. The third-order valence-corrected chi connectivity index (χ3v) is 1.85. The molecule has 0 atom stereocenters. The Kier molecular flexibility index (Phi) is 3.50. The zero-order chi connectivity index (χ0) is 9.68. The molecule has 0 saturated heterocycles. The van der Waals surface area contributed by atoms with Crippen molar-refractivity contribution in [2.24, 2.45) is 12.0 Å². The predicted molar refractivity (Wildman–Crippen MR) is 55.8 cm³/mol. The molecule has 0 saturated carbocycles. The molecule has 0 unspecified atom stereocenters. The summed E-state index contributed by atoms with van der Waals surface area (Å²) in [6.45, 7) is 4.00. The molecular weight excluding hydrogens is 160 g/mol. The lowest BCUT2D eigenvalue weighted by atomic mass is 10.3. The molecule has 0 bridgehead atoms. The lowest BCUT2D eigenvalue weighted by Crippen LogP contribution is -2.26. The minimum Gasteiger partial charge on any atom is -0.336 e. The number of aromatic nitrogens is 1. The number of hydrogen-bond acceptors (Lipinski definition) is 1. The molecule has 0 amide bonds. The Bertz CT molecular complexity index is 396. The maximum atomic E-state index is 4.30. The van der Waals surface area contributed by atoms with E-state index in [-0.39, 0.29) is 0 Å². The second kappa shape index (κ2) is 4.65. The van der Waals surface area contributed by atoms with Gasteiger partial charge in [-0.15, -0.1) is 0 Å². The van der Waals surface area contributed by atoms with Crippen molar-refractivity contribution >= 4 is 6.08 Å². The Morgan fingerprint density at radius 2 is 2.15 bits per heavy atom. The van der Waals surface area contributed by atoms with Crippen molar-refractivity contribution in [2.45, 2.75) is 20.3 Å². The maximum absolute atomic E-state index is 4.30. The Labute approximate surface area is 78.9 Å². The van der Waals surface area contributed by atoms with Gasteiger partial charge in [0.25, 0.3) is 0 Å². The van der Waals surface area contributed by atoms with E-state index in [1.54, 1.807) is 0 Å². The molecule has 0 fully saturated rings. The van der Waals surface area contributed by atoms with Crippen molar-refractivity contribution in [2.75, 3.05) is 0 Å². The summed E-state index contributed by atoms with van der Waals surface area (Å²) < 4.78 is 2.03. The number of hydrogen-bond donors (Lipinski definition) is 0. The molecule has 0 spiro atoms. The number of rotatable bonds is 0. The van der Waals surface area contributed by atoms with E-state index < -0.39 is 0 Å². The first-order valence-electron chi connectivity index (χ1n) is 4.72. The van der Waals surface area contributed by atoms with Crippen molar-refractivity contribution < 1.29 is 0 Å². The van der Waals surface area contributed by atoms with Gasteiger partial charge in [-0.3, -0.25) is 0 Å². The van der Waals surface area contributed by atoms with Crippen molar-refractivity contribution in [3.05, 3.63) is 35.2 Å². The summed E-state index contributed by atoms with van der Waals surface area (Å²) in [5, 5.41) is 1.23. The van der Waals surface area contributed by atoms with Gasteiger partial charge in [-0.05, 0) is 12.5 Å². The Hall–Kier alpha value is -1.31. The van der Waals surface area contributed by atoms with Crippen molar-refractivity contribution in [1.82, 2.24) is 4.57 Å². The summed E-state index contributed by atoms with van der Waals surface area (Å²) in [4.78, 5) is 4.30. The fourth-order valence-electron chi connectivity index (χ4n) is 1.24. The van der Waals surface area contributed by atoms with Crippen LogP contribution in [-0.2, 0) is 7.05 Å². The van der Waals surface area contributed by atoms with Crippen molar-refractivity contribution in [1.29, 1.82) is 0 Å². The van der Waals surface area contributed by atoms with E-state index in [1.165, 1.54) is 5.22 Å². The van der Waals surface area contributed by atoms with Gasteiger partial charge in [0, 0.05) is 24.7 Å². The minimum absolute atomic E-state index is 0.987. The van der Waals surface area contributed by atoms with Crippen LogP contribution in [0.2, 0.25) is 0 Å². The van der Waals surface area contributed by atoms with Crippen LogP contribution in [0.3, 0.4) is 0 Å². The van der Waals surface area contributed by atoms with Crippen LogP contribution in [0.5, 0.6) is 0 Å². The van der Waals surface area contributed by atoms with Gasteiger partial charge >= 0.3 is 0 Å². The van der Waals surface area contributed by atoms with E-state index in [4.69, 9.17) is 0 Å². The van der Waals surface area contributed by atoms with Gasteiger partial charge in [-0.25, -0.2) is 4.99 Å². The largest absolute Gasteiger partial charge is 0.336 e. The highest BCUT2D eigenvalue weighted by molar-refractivity contribution is 5.26. The third-order valence-electron chi connectivity index (χ3n) is 1.85. The van der Waals surface area contributed by atoms with Crippen LogP contribution in [0.4, 0.5) is 0 Å². The number of nitrogens with zero attached hydrogens (tertiary/aromatic N) is 2. The highest BCUT2D eigenvalue weighted by Gasteiger charge is 1.92. The molecule has 2 nitrogen and oxygen atoms in total. The normalized spacial score (nSPS) is 12.8. The fourth-order valence-corrected chi connectivity index (χ4v) is 1.24. The summed E-state index contributed by atoms with van der Waals surface area (Å²) >= 11 is 0. The maximum Gasteiger partial charge on any atom is 0.139 e. The highest BCUT2D eigenvalue weighted by Crippen LogP contribution is 1.87. The third kappa shape index (κ3) is 2.08. The zero-order valence-electron chi connectivity index (χ0n) is 8.49. The lowest BCUT2D eigenvalue weighted by molar-refractivity contribution is 0.855.